The van der Waals surface area contributed by atoms with E-state index in [1.54, 1.807) is 7.11 Å². The summed E-state index contributed by atoms with van der Waals surface area (Å²) >= 11 is 0. The van der Waals surface area contributed by atoms with Gasteiger partial charge in [-0.3, -0.25) is 4.79 Å². The van der Waals surface area contributed by atoms with Gasteiger partial charge in [-0.2, -0.15) is 0 Å². The number of hydrogen-bond donors (Lipinski definition) is 1. The standard InChI is InChI=1S/C16H24N4O3/c1-22-9-2-3-13(21)20-7-5-16(6-8-20)14-12(4-10-23-16)11-18-15(17)19-14/h11H,2-10H2,1H3,(H2,17,18,19). The molecule has 1 aromatic heterocycles. The molecule has 23 heavy (non-hydrogen) atoms. The van der Waals surface area contributed by atoms with Gasteiger partial charge in [0.05, 0.1) is 12.3 Å². The number of anilines is 1. The van der Waals surface area contributed by atoms with Crippen molar-refractivity contribution in [3.05, 3.63) is 17.5 Å². The molecule has 2 N–H and O–H groups in total. The minimum atomic E-state index is -0.409. The molecule has 7 nitrogen and oxygen atoms in total. The lowest BCUT2D eigenvalue weighted by atomic mass is 9.83. The molecule has 2 aliphatic heterocycles. The summed E-state index contributed by atoms with van der Waals surface area (Å²) in [6, 6.07) is 0. The van der Waals surface area contributed by atoms with Gasteiger partial charge in [-0.25, -0.2) is 9.97 Å². The third-order valence-corrected chi connectivity index (χ3v) is 4.73. The monoisotopic (exact) mass is 320 g/mol. The number of hydrogen-bond acceptors (Lipinski definition) is 6. The van der Waals surface area contributed by atoms with Gasteiger partial charge in [0.2, 0.25) is 11.9 Å². The predicted octanol–water partition coefficient (Wildman–Crippen LogP) is 0.876. The van der Waals surface area contributed by atoms with Gasteiger partial charge < -0.3 is 20.1 Å². The van der Waals surface area contributed by atoms with Crippen molar-refractivity contribution >= 4 is 11.9 Å². The van der Waals surface area contributed by atoms with Gasteiger partial charge in [-0.1, -0.05) is 0 Å². The number of nitrogens with zero attached hydrogens (tertiary/aromatic N) is 3. The number of methoxy groups -OCH3 is 1. The minimum Gasteiger partial charge on any atom is -0.385 e. The summed E-state index contributed by atoms with van der Waals surface area (Å²) in [5.74, 6) is 0.474. The van der Waals surface area contributed by atoms with Crippen LogP contribution in [0.5, 0.6) is 0 Å². The second-order valence-electron chi connectivity index (χ2n) is 6.17. The van der Waals surface area contributed by atoms with Crippen LogP contribution < -0.4 is 5.73 Å². The summed E-state index contributed by atoms with van der Waals surface area (Å²) in [6.45, 7) is 2.67. The van der Waals surface area contributed by atoms with E-state index in [2.05, 4.69) is 9.97 Å². The number of ether oxygens (including phenoxy) is 2. The largest absolute Gasteiger partial charge is 0.385 e. The zero-order chi connectivity index (χ0) is 16.3. The van der Waals surface area contributed by atoms with Crippen LogP contribution in [0.3, 0.4) is 0 Å². The van der Waals surface area contributed by atoms with E-state index in [0.29, 0.717) is 32.7 Å². The molecule has 0 aromatic carbocycles. The molecule has 0 atom stereocenters. The van der Waals surface area contributed by atoms with Crippen molar-refractivity contribution in [2.45, 2.75) is 37.7 Å². The number of fused-ring (bicyclic) bond motifs is 2. The molecule has 3 rings (SSSR count). The van der Waals surface area contributed by atoms with Crippen LogP contribution in [0.25, 0.3) is 0 Å². The highest BCUT2D eigenvalue weighted by atomic mass is 16.5. The fourth-order valence-electron chi connectivity index (χ4n) is 3.45. The normalized spacial score (nSPS) is 19.6. The number of carbonyl (C=O) groups excluding carboxylic acids is 1. The SMILES string of the molecule is COCCCC(=O)N1CCC2(CC1)OCCc1cnc(N)nc12. The third-order valence-electron chi connectivity index (χ3n) is 4.73. The molecule has 0 unspecified atom stereocenters. The van der Waals surface area contributed by atoms with Crippen molar-refractivity contribution < 1.29 is 14.3 Å². The Hall–Kier alpha value is -1.73. The number of carbonyl (C=O) groups is 1. The van der Waals surface area contributed by atoms with Gasteiger partial charge >= 0.3 is 0 Å². The lowest BCUT2D eigenvalue weighted by molar-refractivity contribution is -0.141. The van der Waals surface area contributed by atoms with E-state index in [0.717, 1.165) is 36.9 Å². The first-order valence-corrected chi connectivity index (χ1v) is 8.17. The molecule has 0 saturated carbocycles. The van der Waals surface area contributed by atoms with Crippen LogP contribution in [0.4, 0.5) is 5.95 Å². The molecular weight excluding hydrogens is 296 g/mol. The quantitative estimate of drug-likeness (QED) is 0.828. The van der Waals surface area contributed by atoms with Crippen LogP contribution in [-0.4, -0.2) is 54.2 Å². The second kappa shape index (κ2) is 6.80. The first kappa shape index (κ1) is 16.1. The van der Waals surface area contributed by atoms with E-state index in [1.807, 2.05) is 11.1 Å². The van der Waals surface area contributed by atoms with E-state index in [9.17, 15) is 4.79 Å². The Morgan fingerprint density at radius 1 is 1.48 bits per heavy atom. The number of nitrogen functional groups attached to an aromatic ring is 1. The maximum atomic E-state index is 12.2. The second-order valence-corrected chi connectivity index (χ2v) is 6.17. The number of rotatable bonds is 4. The van der Waals surface area contributed by atoms with Crippen molar-refractivity contribution in [2.24, 2.45) is 0 Å². The summed E-state index contributed by atoms with van der Waals surface area (Å²) in [4.78, 5) is 22.7. The third kappa shape index (κ3) is 3.30. The van der Waals surface area contributed by atoms with Crippen molar-refractivity contribution in [2.75, 3.05) is 39.1 Å². The van der Waals surface area contributed by atoms with Crippen LogP contribution in [0.15, 0.2) is 6.20 Å². The molecule has 1 amide bonds. The molecule has 0 radical (unpaired) electrons. The number of piperidine rings is 1. The highest BCUT2D eigenvalue weighted by Gasteiger charge is 2.43. The molecule has 0 aliphatic carbocycles. The predicted molar refractivity (Wildman–Crippen MR) is 84.7 cm³/mol. The summed E-state index contributed by atoms with van der Waals surface area (Å²) in [5, 5.41) is 0. The Kier molecular flexibility index (Phi) is 4.77. The molecular formula is C16H24N4O3. The van der Waals surface area contributed by atoms with Crippen molar-refractivity contribution in [1.29, 1.82) is 0 Å². The Morgan fingerprint density at radius 2 is 2.26 bits per heavy atom. The molecule has 1 fully saturated rings. The Labute approximate surface area is 136 Å². The summed E-state index contributed by atoms with van der Waals surface area (Å²) in [6.07, 6.45) is 5.44. The molecule has 3 heterocycles. The zero-order valence-corrected chi connectivity index (χ0v) is 13.6. The summed E-state index contributed by atoms with van der Waals surface area (Å²) in [5.41, 5.74) is 7.39. The number of likely N-dealkylation sites (tertiary alicyclic amines) is 1. The molecule has 2 aliphatic rings. The van der Waals surface area contributed by atoms with E-state index in [1.165, 1.54) is 0 Å². The van der Waals surface area contributed by atoms with Gasteiger partial charge in [0.25, 0.3) is 0 Å². The molecule has 1 saturated heterocycles. The van der Waals surface area contributed by atoms with Crippen molar-refractivity contribution in [3.63, 3.8) is 0 Å². The van der Waals surface area contributed by atoms with Crippen LogP contribution in [0, 0.1) is 0 Å². The Morgan fingerprint density at radius 3 is 3.00 bits per heavy atom. The van der Waals surface area contributed by atoms with Crippen LogP contribution >= 0.6 is 0 Å². The van der Waals surface area contributed by atoms with Gasteiger partial charge in [0.1, 0.15) is 5.60 Å². The smallest absolute Gasteiger partial charge is 0.222 e. The van der Waals surface area contributed by atoms with Crippen LogP contribution in [-0.2, 0) is 26.3 Å². The van der Waals surface area contributed by atoms with Gasteiger partial charge in [0, 0.05) is 39.4 Å². The highest BCUT2D eigenvalue weighted by Crippen LogP contribution is 2.40. The number of amides is 1. The average Bonchev–Trinajstić information content (AvgIpc) is 2.57. The molecule has 7 heteroatoms. The molecule has 0 bridgehead atoms. The minimum absolute atomic E-state index is 0.190. The van der Waals surface area contributed by atoms with E-state index < -0.39 is 5.60 Å². The van der Waals surface area contributed by atoms with E-state index in [-0.39, 0.29) is 11.9 Å². The fraction of sp³-hybridized carbons (Fsp3) is 0.688. The van der Waals surface area contributed by atoms with Crippen molar-refractivity contribution in [1.82, 2.24) is 14.9 Å². The topological polar surface area (TPSA) is 90.6 Å². The average molecular weight is 320 g/mol. The molecule has 1 spiro atoms. The van der Waals surface area contributed by atoms with Gasteiger partial charge in [-0.05, 0) is 31.2 Å². The number of aromatic nitrogens is 2. The highest BCUT2D eigenvalue weighted by molar-refractivity contribution is 5.76. The summed E-state index contributed by atoms with van der Waals surface area (Å²) < 4.78 is 11.1. The first-order chi connectivity index (χ1) is 11.1. The van der Waals surface area contributed by atoms with E-state index >= 15 is 0 Å². The van der Waals surface area contributed by atoms with Crippen LogP contribution in [0.1, 0.15) is 36.9 Å². The summed E-state index contributed by atoms with van der Waals surface area (Å²) in [7, 11) is 1.65. The van der Waals surface area contributed by atoms with Gasteiger partial charge in [-0.15, -0.1) is 0 Å². The van der Waals surface area contributed by atoms with Crippen LogP contribution in [0.2, 0.25) is 0 Å². The Bertz CT molecular complexity index is 570. The Balaban J connectivity index is 1.67. The molecule has 126 valence electrons. The zero-order valence-electron chi connectivity index (χ0n) is 13.6. The van der Waals surface area contributed by atoms with Gasteiger partial charge in [0.15, 0.2) is 0 Å². The first-order valence-electron chi connectivity index (χ1n) is 8.17. The molecule has 1 aromatic rings. The van der Waals surface area contributed by atoms with E-state index in [4.69, 9.17) is 15.2 Å². The maximum absolute atomic E-state index is 12.2. The lowest BCUT2D eigenvalue weighted by Gasteiger charge is -2.44. The fourth-order valence-corrected chi connectivity index (χ4v) is 3.45. The maximum Gasteiger partial charge on any atom is 0.222 e. The lowest BCUT2D eigenvalue weighted by Crippen LogP contribution is -2.49. The number of nitrogens with two attached hydrogens (primary N) is 1. The van der Waals surface area contributed by atoms with Crippen molar-refractivity contribution in [3.8, 4) is 0 Å².